The first kappa shape index (κ1) is 24.4. The van der Waals surface area contributed by atoms with Crippen LogP contribution in [0.2, 0.25) is 0 Å². The van der Waals surface area contributed by atoms with Crippen molar-refractivity contribution in [3.05, 3.63) is 71.3 Å². The van der Waals surface area contributed by atoms with E-state index < -0.39 is 0 Å². The minimum atomic E-state index is -0.232. The number of aliphatic hydroxyl groups excluding tert-OH is 1. The Kier molecular flexibility index (Phi) is 6.90. The molecule has 1 amide bonds. The van der Waals surface area contributed by atoms with E-state index in [0.717, 1.165) is 73.9 Å². The maximum atomic E-state index is 14.4. The van der Waals surface area contributed by atoms with E-state index in [1.165, 1.54) is 24.0 Å². The highest BCUT2D eigenvalue weighted by atomic mass is 16.3. The van der Waals surface area contributed by atoms with Crippen molar-refractivity contribution in [3.8, 4) is 0 Å². The number of benzene rings is 2. The van der Waals surface area contributed by atoms with Gasteiger partial charge < -0.3 is 14.9 Å². The summed E-state index contributed by atoms with van der Waals surface area (Å²) in [6.07, 6.45) is 8.19. The van der Waals surface area contributed by atoms with Crippen molar-refractivity contribution in [1.29, 1.82) is 0 Å². The zero-order valence-electron chi connectivity index (χ0n) is 22.0. The van der Waals surface area contributed by atoms with Crippen LogP contribution in [0, 0.1) is 12.8 Å². The summed E-state index contributed by atoms with van der Waals surface area (Å²) in [6.45, 7) is 4.31. The van der Waals surface area contributed by atoms with Gasteiger partial charge in [0.1, 0.15) is 5.82 Å². The van der Waals surface area contributed by atoms with Crippen LogP contribution in [0.15, 0.2) is 54.6 Å². The van der Waals surface area contributed by atoms with Crippen LogP contribution in [0.4, 0.5) is 5.82 Å². The number of rotatable bonds is 7. The molecular formula is C32H39N3O2. The van der Waals surface area contributed by atoms with E-state index in [-0.39, 0.29) is 12.0 Å². The van der Waals surface area contributed by atoms with Gasteiger partial charge in [-0.05, 0) is 68.6 Å². The van der Waals surface area contributed by atoms with Gasteiger partial charge in [0.2, 0.25) is 5.91 Å². The summed E-state index contributed by atoms with van der Waals surface area (Å²) in [4.78, 5) is 24.1. The first-order chi connectivity index (χ1) is 18.1. The maximum Gasteiger partial charge on any atom is 0.230 e. The maximum absolute atomic E-state index is 14.4. The van der Waals surface area contributed by atoms with Crippen molar-refractivity contribution in [3.63, 3.8) is 0 Å². The van der Waals surface area contributed by atoms with Gasteiger partial charge >= 0.3 is 0 Å². The lowest BCUT2D eigenvalue weighted by atomic mass is 9.83. The number of fused-ring (bicyclic) bond motifs is 1. The number of amides is 1. The molecule has 1 N–H and O–H groups in total. The van der Waals surface area contributed by atoms with Crippen LogP contribution in [0.3, 0.4) is 0 Å². The number of aliphatic hydroxyl groups is 1. The zero-order valence-corrected chi connectivity index (χ0v) is 22.0. The number of hydrogen-bond donors (Lipinski definition) is 1. The van der Waals surface area contributed by atoms with Gasteiger partial charge in [0.05, 0.1) is 17.5 Å². The largest absolute Gasteiger partial charge is 0.393 e. The molecule has 1 aliphatic heterocycles. The van der Waals surface area contributed by atoms with E-state index in [9.17, 15) is 9.90 Å². The second kappa shape index (κ2) is 10.4. The molecule has 5 heteroatoms. The summed E-state index contributed by atoms with van der Waals surface area (Å²) >= 11 is 0. The van der Waals surface area contributed by atoms with Gasteiger partial charge in [0.15, 0.2) is 0 Å². The Hall–Kier alpha value is -2.92. The lowest BCUT2D eigenvalue weighted by Crippen LogP contribution is -2.40. The second-order valence-corrected chi connectivity index (χ2v) is 11.5. The Bertz CT molecular complexity index is 1240. The highest BCUT2D eigenvalue weighted by Crippen LogP contribution is 2.41. The van der Waals surface area contributed by atoms with Crippen molar-refractivity contribution in [2.45, 2.75) is 82.9 Å². The minimum Gasteiger partial charge on any atom is -0.393 e. The standard InChI is InChI=1S/C32H39N3O2/c1-22-8-7-13-25-20-26(31(33-30(22)25)34-18-16-28(36)17-19-34)21-35(27-14-15-27)32(37)29(24-11-5-6-12-24)23-9-3-2-4-10-23/h2-4,7-10,13,20,24,27-29,36H,5-6,11-12,14-19,21H2,1H3/t29-/m0/s1. The van der Waals surface area contributed by atoms with Crippen LogP contribution in [0.5, 0.6) is 0 Å². The van der Waals surface area contributed by atoms with Crippen LogP contribution < -0.4 is 4.90 Å². The van der Waals surface area contributed by atoms with Crippen molar-refractivity contribution in [2.24, 2.45) is 5.92 Å². The van der Waals surface area contributed by atoms with Gasteiger partial charge in [-0.15, -0.1) is 0 Å². The molecule has 0 bridgehead atoms. The number of aromatic nitrogens is 1. The molecule has 3 aromatic rings. The van der Waals surface area contributed by atoms with Gasteiger partial charge in [-0.1, -0.05) is 61.4 Å². The lowest BCUT2D eigenvalue weighted by molar-refractivity contribution is -0.135. The Morgan fingerprint density at radius 2 is 1.73 bits per heavy atom. The fourth-order valence-corrected chi connectivity index (χ4v) is 6.55. The van der Waals surface area contributed by atoms with Gasteiger partial charge in [-0.3, -0.25) is 4.79 Å². The van der Waals surface area contributed by atoms with Crippen LogP contribution in [-0.2, 0) is 11.3 Å². The molecule has 0 unspecified atom stereocenters. The quantitative estimate of drug-likeness (QED) is 0.437. The van der Waals surface area contributed by atoms with Crippen LogP contribution >= 0.6 is 0 Å². The molecule has 194 valence electrons. The van der Waals surface area contributed by atoms with E-state index in [1.807, 2.05) is 6.07 Å². The van der Waals surface area contributed by atoms with E-state index in [1.54, 1.807) is 0 Å². The molecule has 2 heterocycles. The van der Waals surface area contributed by atoms with E-state index in [0.29, 0.717) is 24.4 Å². The Morgan fingerprint density at radius 1 is 1.00 bits per heavy atom. The molecule has 6 rings (SSSR count). The van der Waals surface area contributed by atoms with Crippen molar-refractivity contribution < 1.29 is 9.90 Å². The summed E-state index contributed by atoms with van der Waals surface area (Å²) in [5.74, 6) is 1.65. The van der Waals surface area contributed by atoms with Crippen molar-refractivity contribution in [1.82, 2.24) is 9.88 Å². The van der Waals surface area contributed by atoms with Crippen LogP contribution in [0.25, 0.3) is 10.9 Å². The van der Waals surface area contributed by atoms with Gasteiger partial charge in [0.25, 0.3) is 0 Å². The number of aryl methyl sites for hydroxylation is 1. The smallest absolute Gasteiger partial charge is 0.230 e. The summed E-state index contributed by atoms with van der Waals surface area (Å²) < 4.78 is 0. The Balaban J connectivity index is 1.37. The van der Waals surface area contributed by atoms with Gasteiger partial charge in [-0.25, -0.2) is 4.98 Å². The van der Waals surface area contributed by atoms with Gasteiger partial charge in [0, 0.05) is 36.6 Å². The predicted molar refractivity (Wildman–Crippen MR) is 149 cm³/mol. The van der Waals surface area contributed by atoms with E-state index in [2.05, 4.69) is 65.3 Å². The second-order valence-electron chi connectivity index (χ2n) is 11.5. The molecule has 2 aromatic carbocycles. The molecule has 5 nitrogen and oxygen atoms in total. The molecule has 0 radical (unpaired) electrons. The molecule has 2 saturated carbocycles. The molecule has 37 heavy (non-hydrogen) atoms. The number of nitrogens with zero attached hydrogens (tertiary/aromatic N) is 3. The SMILES string of the molecule is Cc1cccc2cc(CN(C(=O)[C@@H](c3ccccc3)C3CCCC3)C3CC3)c(N3CCC(O)CC3)nc12. The summed E-state index contributed by atoms with van der Waals surface area (Å²) in [5.41, 5.74) is 4.50. The van der Waals surface area contributed by atoms with Crippen molar-refractivity contribution in [2.75, 3.05) is 18.0 Å². The number of carbonyl (C=O) groups is 1. The number of carbonyl (C=O) groups excluding carboxylic acids is 1. The fourth-order valence-electron chi connectivity index (χ4n) is 6.55. The zero-order chi connectivity index (χ0) is 25.4. The third-order valence-corrected chi connectivity index (χ3v) is 8.78. The molecule has 1 aromatic heterocycles. The topological polar surface area (TPSA) is 56.7 Å². The first-order valence-corrected chi connectivity index (χ1v) is 14.3. The van der Waals surface area contributed by atoms with Crippen LogP contribution in [-0.4, -0.2) is 46.1 Å². The van der Waals surface area contributed by atoms with Crippen LogP contribution in [0.1, 0.15) is 74.0 Å². The number of piperidine rings is 1. The normalized spacial score (nSPS) is 19.9. The summed E-state index contributed by atoms with van der Waals surface area (Å²) in [7, 11) is 0. The average Bonchev–Trinajstić information content (AvgIpc) is 3.62. The van der Waals surface area contributed by atoms with Crippen molar-refractivity contribution >= 4 is 22.6 Å². The fraction of sp³-hybridized carbons (Fsp3) is 0.500. The van der Waals surface area contributed by atoms with Gasteiger partial charge in [-0.2, -0.15) is 0 Å². The molecule has 2 aliphatic carbocycles. The Labute approximate surface area is 220 Å². The van der Waals surface area contributed by atoms with E-state index >= 15 is 0 Å². The molecular weight excluding hydrogens is 458 g/mol. The molecule has 1 saturated heterocycles. The molecule has 3 fully saturated rings. The highest BCUT2D eigenvalue weighted by molar-refractivity contribution is 5.87. The molecule has 0 spiro atoms. The number of anilines is 1. The van der Waals surface area contributed by atoms with E-state index in [4.69, 9.17) is 4.98 Å². The Morgan fingerprint density at radius 3 is 2.43 bits per heavy atom. The first-order valence-electron chi connectivity index (χ1n) is 14.3. The summed E-state index contributed by atoms with van der Waals surface area (Å²) in [6, 6.07) is 19.4. The minimum absolute atomic E-state index is 0.0615. The molecule has 3 aliphatic rings. The number of para-hydroxylation sites is 1. The third kappa shape index (κ3) is 5.11. The predicted octanol–water partition coefficient (Wildman–Crippen LogP) is 5.97. The lowest BCUT2D eigenvalue weighted by Gasteiger charge is -2.35. The average molecular weight is 498 g/mol. The number of hydrogen-bond acceptors (Lipinski definition) is 4. The number of pyridine rings is 1. The third-order valence-electron chi connectivity index (χ3n) is 8.78. The molecule has 1 atom stereocenters. The highest BCUT2D eigenvalue weighted by Gasteiger charge is 2.40. The summed E-state index contributed by atoms with van der Waals surface area (Å²) in [5, 5.41) is 11.3. The monoisotopic (exact) mass is 497 g/mol.